The minimum absolute atomic E-state index is 0. The molecule has 0 bridgehead atoms. The van der Waals surface area contributed by atoms with Crippen LogP contribution in [0.15, 0.2) is 11.6 Å². The third-order valence-electron chi connectivity index (χ3n) is 12.2. The Morgan fingerprint density at radius 1 is 0.878 bits per heavy atom. The molecule has 2 unspecified atom stereocenters. The van der Waals surface area contributed by atoms with Crippen molar-refractivity contribution >= 4 is 5.97 Å². The molecule has 5 fully saturated rings. The van der Waals surface area contributed by atoms with E-state index >= 15 is 0 Å². The van der Waals surface area contributed by atoms with Gasteiger partial charge < -0.3 is 98.9 Å². The average Bonchev–Trinajstić information content (AvgIpc) is 3.45. The number of aliphatic hydroxyl groups is 8. The number of cyclic esters (lactones) is 1. The number of aliphatic hydroxyl groups excluding tert-OH is 6. The lowest BCUT2D eigenvalue weighted by atomic mass is 9.40. The fraction of sp³-hybridized carbons (Fsp3) is 0.897. The number of esters is 1. The van der Waals surface area contributed by atoms with Crippen molar-refractivity contribution in [1.29, 1.82) is 0 Å². The molecule has 49 heavy (non-hydrogen) atoms. The normalized spacial score (nSPS) is 47.6. The first kappa shape index (κ1) is 51.9. The van der Waals surface area contributed by atoms with Gasteiger partial charge in [-0.3, -0.25) is 0 Å². The maximum absolute atomic E-state index is 12.4. The standard InChI is InChI=1S/C29H44O12.8H2O/c1-13-22(34)23(35)24(36)25(40-13)41-15-8-19(32)28(12-30)21-17(3-5-27(28,37)9-15)29(38)6-4-16(14-7-20(33)39-11-14)26(29,2)10-18(21)31;;;;;;;;/h7,13,15-19,21-25,30-32,34-38H,3-6,8-12H2,1-2H3;8*1H2/t13-,15-,16+,17?,18+,19+,21?,22-,23+,24+,25-,26+,27-,28+,29-;;;;;;;;/m0......../s1. The van der Waals surface area contributed by atoms with E-state index < -0.39 is 95.5 Å². The minimum Gasteiger partial charge on any atom is -0.458 e. The highest BCUT2D eigenvalue weighted by atomic mass is 16.7. The van der Waals surface area contributed by atoms with E-state index in [2.05, 4.69) is 0 Å². The number of carbonyl (C=O) groups is 1. The summed E-state index contributed by atoms with van der Waals surface area (Å²) >= 11 is 0. The van der Waals surface area contributed by atoms with Crippen LogP contribution in [0.3, 0.4) is 0 Å². The van der Waals surface area contributed by atoms with Crippen LogP contribution in [0.4, 0.5) is 0 Å². The predicted octanol–water partition coefficient (Wildman–Crippen LogP) is -8.11. The molecule has 0 aromatic rings. The lowest BCUT2D eigenvalue weighted by Gasteiger charge is -2.68. The van der Waals surface area contributed by atoms with E-state index in [-0.39, 0.29) is 82.0 Å². The van der Waals surface area contributed by atoms with E-state index in [0.29, 0.717) is 19.3 Å². The van der Waals surface area contributed by atoms with Gasteiger partial charge >= 0.3 is 5.97 Å². The van der Waals surface area contributed by atoms with Gasteiger partial charge in [0.15, 0.2) is 6.29 Å². The number of fused-ring (bicyclic) bond motifs is 5. The minimum atomic E-state index is -1.67. The second-order valence-corrected chi connectivity index (χ2v) is 13.8. The van der Waals surface area contributed by atoms with Gasteiger partial charge in [0.1, 0.15) is 24.9 Å². The average molecular weight is 729 g/mol. The summed E-state index contributed by atoms with van der Waals surface area (Å²) in [6.45, 7) is 3.00. The Labute approximate surface area is 282 Å². The Balaban J connectivity index is -0.00000264. The number of hydrogen-bond acceptors (Lipinski definition) is 12. The van der Waals surface area contributed by atoms with E-state index in [1.54, 1.807) is 0 Å². The van der Waals surface area contributed by atoms with Gasteiger partial charge in [0.2, 0.25) is 0 Å². The SMILES string of the molecule is C[C@@H]1O[C@@H](O[C@H]2C[C@@H](O)[C@]3(CO)C4C(CC[C@]3(O)C2)[C@@]2(O)CC[C@H](C3=CC(=O)OC3)[C@@]2(C)C[C@H]4O)[C@H](O)[C@H](O)[C@H]1O.O.O.O.O.O.O.O.O. The molecule has 296 valence electrons. The largest absolute Gasteiger partial charge is 0.458 e. The molecule has 4 saturated carbocycles. The fourth-order valence-corrected chi connectivity index (χ4v) is 10.1. The first-order chi connectivity index (χ1) is 19.2. The Morgan fingerprint density at radius 2 is 1.49 bits per heavy atom. The second kappa shape index (κ2) is 17.3. The molecule has 20 nitrogen and oxygen atoms in total. The van der Waals surface area contributed by atoms with Crippen molar-refractivity contribution in [1.82, 2.24) is 0 Å². The van der Waals surface area contributed by atoms with Crippen molar-refractivity contribution in [2.45, 2.75) is 119 Å². The number of carbonyl (C=O) groups excluding carboxylic acids is 1. The van der Waals surface area contributed by atoms with Gasteiger partial charge in [-0.15, -0.1) is 0 Å². The van der Waals surface area contributed by atoms with Crippen LogP contribution in [0, 0.1) is 28.6 Å². The van der Waals surface area contributed by atoms with Crippen LogP contribution in [0.2, 0.25) is 0 Å². The zero-order valence-electron chi connectivity index (χ0n) is 27.5. The zero-order valence-corrected chi connectivity index (χ0v) is 27.5. The predicted molar refractivity (Wildman–Crippen MR) is 168 cm³/mol. The molecule has 6 aliphatic rings. The molecule has 15 atom stereocenters. The van der Waals surface area contributed by atoms with Crippen molar-refractivity contribution in [2.24, 2.45) is 28.6 Å². The van der Waals surface area contributed by atoms with Crippen LogP contribution < -0.4 is 0 Å². The second-order valence-electron chi connectivity index (χ2n) is 13.8. The summed E-state index contributed by atoms with van der Waals surface area (Å²) in [5, 5.41) is 89.6. The topological polar surface area (TPSA) is 459 Å². The van der Waals surface area contributed by atoms with Gasteiger partial charge in [-0.05, 0) is 56.4 Å². The summed E-state index contributed by atoms with van der Waals surface area (Å²) < 4.78 is 16.7. The Bertz CT molecular complexity index is 1100. The van der Waals surface area contributed by atoms with E-state index in [0.717, 1.165) is 5.57 Å². The van der Waals surface area contributed by atoms with E-state index in [1.807, 2.05) is 6.92 Å². The monoisotopic (exact) mass is 728 g/mol. The van der Waals surface area contributed by atoms with E-state index in [4.69, 9.17) is 14.2 Å². The van der Waals surface area contributed by atoms with Gasteiger partial charge in [0.05, 0.1) is 47.6 Å². The molecule has 4 aliphatic carbocycles. The summed E-state index contributed by atoms with van der Waals surface area (Å²) in [4.78, 5) is 11.8. The first-order valence-electron chi connectivity index (χ1n) is 14.9. The van der Waals surface area contributed by atoms with Gasteiger partial charge in [0.25, 0.3) is 0 Å². The summed E-state index contributed by atoms with van der Waals surface area (Å²) in [6, 6.07) is 0. The molecule has 2 heterocycles. The highest BCUT2D eigenvalue weighted by Gasteiger charge is 2.75. The molecule has 24 N–H and O–H groups in total. The Kier molecular flexibility index (Phi) is 18.3. The molecule has 6 rings (SSSR count). The third kappa shape index (κ3) is 7.02. The fourth-order valence-electron chi connectivity index (χ4n) is 10.1. The van der Waals surface area contributed by atoms with Crippen molar-refractivity contribution in [3.05, 3.63) is 11.6 Å². The Hall–Kier alpha value is -1.51. The van der Waals surface area contributed by atoms with Crippen LogP contribution in [-0.2, 0) is 19.0 Å². The molecule has 1 saturated heterocycles. The highest BCUT2D eigenvalue weighted by molar-refractivity contribution is 5.85. The van der Waals surface area contributed by atoms with E-state index in [1.165, 1.54) is 13.0 Å². The molecule has 0 radical (unpaired) electrons. The van der Waals surface area contributed by atoms with Crippen molar-refractivity contribution in [2.75, 3.05) is 13.2 Å². The molecular formula is C29H60O20. The van der Waals surface area contributed by atoms with Gasteiger partial charge in [-0.1, -0.05) is 6.92 Å². The van der Waals surface area contributed by atoms with Crippen LogP contribution in [0.25, 0.3) is 0 Å². The Morgan fingerprint density at radius 3 is 2.04 bits per heavy atom. The van der Waals surface area contributed by atoms with Crippen LogP contribution in [-0.4, -0.2) is 164 Å². The number of ether oxygens (including phenoxy) is 3. The summed E-state index contributed by atoms with van der Waals surface area (Å²) in [5.41, 5.74) is -4.46. The molecule has 0 aromatic carbocycles. The van der Waals surface area contributed by atoms with E-state index in [9.17, 15) is 45.6 Å². The van der Waals surface area contributed by atoms with Crippen LogP contribution >= 0.6 is 0 Å². The van der Waals surface area contributed by atoms with Gasteiger partial charge in [-0.2, -0.15) is 0 Å². The van der Waals surface area contributed by atoms with Gasteiger partial charge in [-0.25, -0.2) is 4.79 Å². The summed E-state index contributed by atoms with van der Waals surface area (Å²) in [7, 11) is 0. The lowest BCUT2D eigenvalue weighted by Crippen LogP contribution is -2.76. The first-order valence-corrected chi connectivity index (χ1v) is 14.9. The summed E-state index contributed by atoms with van der Waals surface area (Å²) in [5.74, 6) is -1.93. The van der Waals surface area contributed by atoms with Crippen LogP contribution in [0.5, 0.6) is 0 Å². The zero-order chi connectivity index (χ0) is 29.7. The quantitative estimate of drug-likeness (QED) is 0.0988. The van der Waals surface area contributed by atoms with Gasteiger partial charge in [0, 0.05) is 30.3 Å². The van der Waals surface area contributed by atoms with Crippen LogP contribution in [0.1, 0.15) is 58.8 Å². The maximum Gasteiger partial charge on any atom is 0.331 e. The number of rotatable bonds is 4. The maximum atomic E-state index is 12.4. The highest BCUT2D eigenvalue weighted by Crippen LogP contribution is 2.70. The summed E-state index contributed by atoms with van der Waals surface area (Å²) in [6.07, 6.45) is -6.68. The molecule has 0 spiro atoms. The number of hydrogen-bond donors (Lipinski definition) is 8. The lowest BCUT2D eigenvalue weighted by molar-refractivity contribution is -0.342. The third-order valence-corrected chi connectivity index (χ3v) is 12.2. The molecule has 20 heteroatoms. The van der Waals surface area contributed by atoms with Crippen molar-refractivity contribution < 1.29 is 104 Å². The smallest absolute Gasteiger partial charge is 0.331 e. The molecule has 0 aromatic heterocycles. The molecule has 0 amide bonds. The van der Waals surface area contributed by atoms with Crippen molar-refractivity contribution in [3.8, 4) is 0 Å². The molecule has 2 aliphatic heterocycles. The van der Waals surface area contributed by atoms with Crippen molar-refractivity contribution in [3.63, 3.8) is 0 Å². The molecular weight excluding hydrogens is 668 g/mol.